The van der Waals surface area contributed by atoms with Gasteiger partial charge in [0.05, 0.1) is 11.4 Å². The van der Waals surface area contributed by atoms with E-state index in [-0.39, 0.29) is 0 Å². The van der Waals surface area contributed by atoms with Crippen molar-refractivity contribution in [1.29, 1.82) is 0 Å². The van der Waals surface area contributed by atoms with Crippen LogP contribution in [0.4, 0.5) is 0 Å². The average molecular weight is 744 g/mol. The number of fused-ring (bicyclic) bond motifs is 9. The van der Waals surface area contributed by atoms with Gasteiger partial charge in [0, 0.05) is 51.0 Å². The van der Waals surface area contributed by atoms with E-state index in [1.165, 1.54) is 0 Å². The number of rotatable bonds is 4. The number of hydrogen-bond donors (Lipinski definition) is 0. The molecular weight excluding hydrogens is 711 g/mol. The Hall–Kier alpha value is -7.89. The van der Waals surface area contributed by atoms with Gasteiger partial charge in [-0.3, -0.25) is 4.98 Å². The van der Waals surface area contributed by atoms with Crippen molar-refractivity contribution in [3.8, 4) is 78.8 Å². The summed E-state index contributed by atoms with van der Waals surface area (Å²) < 4.78 is 13.5. The van der Waals surface area contributed by atoms with E-state index in [0.717, 1.165) is 106 Å². The normalized spacial score (nSPS) is 11.9. The van der Waals surface area contributed by atoms with Gasteiger partial charge in [0.1, 0.15) is 22.7 Å². The summed E-state index contributed by atoms with van der Waals surface area (Å²) in [6.45, 7) is 0. The number of benzene rings is 7. The van der Waals surface area contributed by atoms with Crippen molar-refractivity contribution in [3.63, 3.8) is 0 Å². The number of nitrogens with zero attached hydrogens (tertiary/aromatic N) is 3. The molecule has 1 aliphatic heterocycles. The van der Waals surface area contributed by atoms with Crippen LogP contribution >= 0.6 is 0 Å². The van der Waals surface area contributed by atoms with Crippen LogP contribution in [0.15, 0.2) is 193 Å². The zero-order chi connectivity index (χ0) is 38.4. The minimum Gasteiger partial charge on any atom is -0.456 e. The maximum absolute atomic E-state index is 7.05. The predicted molar refractivity (Wildman–Crippen MR) is 235 cm³/mol. The first kappa shape index (κ1) is 33.4. The zero-order valence-corrected chi connectivity index (χ0v) is 31.2. The minimum atomic E-state index is 0.622. The summed E-state index contributed by atoms with van der Waals surface area (Å²) in [5.74, 6) is 2.12. The first-order valence-electron chi connectivity index (χ1n) is 19.3. The molecule has 0 saturated heterocycles. The molecule has 0 aliphatic carbocycles. The number of hydrogen-bond acceptors (Lipinski definition) is 5. The lowest BCUT2D eigenvalue weighted by atomic mass is 9.94. The largest absolute Gasteiger partial charge is 0.456 e. The molecule has 1 aliphatic rings. The van der Waals surface area contributed by atoms with E-state index >= 15 is 0 Å². The van der Waals surface area contributed by atoms with Gasteiger partial charge in [-0.1, -0.05) is 146 Å². The summed E-state index contributed by atoms with van der Waals surface area (Å²) in [7, 11) is 0. The van der Waals surface area contributed by atoms with E-state index in [1.54, 1.807) is 6.20 Å². The van der Waals surface area contributed by atoms with Crippen molar-refractivity contribution in [2.45, 2.75) is 0 Å². The van der Waals surface area contributed by atoms with Gasteiger partial charge in [-0.25, -0.2) is 9.97 Å². The fourth-order valence-corrected chi connectivity index (χ4v) is 7.93. The zero-order valence-electron chi connectivity index (χ0n) is 31.2. The Morgan fingerprint density at radius 2 is 1.05 bits per heavy atom. The molecule has 10 aromatic rings. The molecule has 272 valence electrons. The molecular formula is C53H33N3O2. The van der Waals surface area contributed by atoms with E-state index in [1.807, 2.05) is 60.8 Å². The number of aromatic nitrogens is 3. The van der Waals surface area contributed by atoms with Crippen molar-refractivity contribution < 1.29 is 9.15 Å². The maximum atomic E-state index is 7.05. The highest BCUT2D eigenvalue weighted by Gasteiger charge is 2.21. The molecule has 0 bridgehead atoms. The highest BCUT2D eigenvalue weighted by Crippen LogP contribution is 2.45. The average Bonchev–Trinajstić information content (AvgIpc) is 3.65. The van der Waals surface area contributed by atoms with Crippen LogP contribution in [0.25, 0.3) is 101 Å². The molecule has 3 aromatic heterocycles. The predicted octanol–water partition coefficient (Wildman–Crippen LogP) is 14.0. The molecule has 11 rings (SSSR count). The molecule has 4 heterocycles. The summed E-state index contributed by atoms with van der Waals surface area (Å²) in [5, 5.41) is 2.03. The third kappa shape index (κ3) is 6.03. The van der Waals surface area contributed by atoms with E-state index in [4.69, 9.17) is 19.1 Å². The fourth-order valence-electron chi connectivity index (χ4n) is 7.93. The topological polar surface area (TPSA) is 61.0 Å². The first-order valence-corrected chi connectivity index (χ1v) is 19.3. The molecule has 0 saturated carbocycles. The van der Waals surface area contributed by atoms with Crippen molar-refractivity contribution >= 4 is 34.1 Å². The Balaban J connectivity index is 1.13. The van der Waals surface area contributed by atoms with Crippen LogP contribution in [0.1, 0.15) is 11.1 Å². The van der Waals surface area contributed by atoms with Crippen molar-refractivity contribution in [2.24, 2.45) is 0 Å². The molecule has 5 heteroatoms. The highest BCUT2D eigenvalue weighted by molar-refractivity contribution is 6.07. The molecule has 5 nitrogen and oxygen atoms in total. The second-order valence-electron chi connectivity index (χ2n) is 14.4. The van der Waals surface area contributed by atoms with Crippen LogP contribution in [0.2, 0.25) is 0 Å². The first-order chi connectivity index (χ1) is 28.7. The van der Waals surface area contributed by atoms with Gasteiger partial charge in [0.25, 0.3) is 0 Å². The SMILES string of the molecule is C1=Cc2ccc(-c3nc(-c4ccccc4)cc(-c4ccc(-c5cccnc5)cc4)n3)cc2-c2cc3oc4ccccc4c3cc2Oc2ccccc2-c2ccccc21. The summed E-state index contributed by atoms with van der Waals surface area (Å²) in [6.07, 6.45) is 8.05. The molecule has 0 unspecified atom stereocenters. The monoisotopic (exact) mass is 743 g/mol. The standard InChI is InChI=1S/C53H33N3O2/c1-2-12-37(13-3-1)47-32-48(38-25-20-34(21-26-38)40-14-10-28-54-33-40)56-53(55-47)39-27-24-36-23-22-35-11-4-5-15-41(35)42-16-6-8-18-49(42)57-52-30-45-43-17-7-9-19-50(43)58-51(45)31-46(52)44(36)29-39/h1-33H. The van der Waals surface area contributed by atoms with Crippen LogP contribution in [0.3, 0.4) is 0 Å². The number of ether oxygens (including phenoxy) is 1. The van der Waals surface area contributed by atoms with Gasteiger partial charge in [-0.2, -0.15) is 0 Å². The molecule has 7 aromatic carbocycles. The Bertz CT molecular complexity index is 3190. The van der Waals surface area contributed by atoms with Crippen LogP contribution in [-0.2, 0) is 0 Å². The Morgan fingerprint density at radius 3 is 1.88 bits per heavy atom. The molecule has 0 spiro atoms. The molecule has 0 fully saturated rings. The van der Waals surface area contributed by atoms with Gasteiger partial charge in [-0.15, -0.1) is 0 Å². The Labute approximate surface area is 335 Å². The van der Waals surface area contributed by atoms with E-state index in [0.29, 0.717) is 5.82 Å². The van der Waals surface area contributed by atoms with Crippen LogP contribution in [0.5, 0.6) is 11.5 Å². The lowest BCUT2D eigenvalue weighted by molar-refractivity contribution is 0.487. The van der Waals surface area contributed by atoms with Crippen LogP contribution < -0.4 is 4.74 Å². The number of para-hydroxylation sites is 2. The van der Waals surface area contributed by atoms with Crippen molar-refractivity contribution in [1.82, 2.24) is 15.0 Å². The van der Waals surface area contributed by atoms with E-state index in [2.05, 4.69) is 138 Å². The van der Waals surface area contributed by atoms with Gasteiger partial charge < -0.3 is 9.15 Å². The molecule has 0 radical (unpaired) electrons. The van der Waals surface area contributed by atoms with Gasteiger partial charge in [-0.05, 0) is 75.8 Å². The lowest BCUT2D eigenvalue weighted by Gasteiger charge is -2.17. The van der Waals surface area contributed by atoms with Gasteiger partial charge >= 0.3 is 0 Å². The highest BCUT2D eigenvalue weighted by atomic mass is 16.5. The third-order valence-electron chi connectivity index (χ3n) is 10.9. The quantitative estimate of drug-likeness (QED) is 0.180. The molecule has 0 atom stereocenters. The smallest absolute Gasteiger partial charge is 0.160 e. The van der Waals surface area contributed by atoms with E-state index in [9.17, 15) is 0 Å². The van der Waals surface area contributed by atoms with E-state index < -0.39 is 0 Å². The summed E-state index contributed by atoms with van der Waals surface area (Å²) >= 11 is 0. The lowest BCUT2D eigenvalue weighted by Crippen LogP contribution is -1.97. The number of pyridine rings is 1. The van der Waals surface area contributed by atoms with Gasteiger partial charge in [0.15, 0.2) is 5.82 Å². The minimum absolute atomic E-state index is 0.622. The molecule has 0 N–H and O–H groups in total. The van der Waals surface area contributed by atoms with Crippen LogP contribution in [0, 0.1) is 0 Å². The van der Waals surface area contributed by atoms with Crippen molar-refractivity contribution in [2.75, 3.05) is 0 Å². The number of furan rings is 1. The van der Waals surface area contributed by atoms with Crippen LogP contribution in [-0.4, -0.2) is 15.0 Å². The summed E-state index contributed by atoms with van der Waals surface area (Å²) in [6, 6.07) is 60.4. The van der Waals surface area contributed by atoms with Gasteiger partial charge in [0.2, 0.25) is 0 Å². The Kier molecular flexibility index (Phi) is 8.07. The fraction of sp³-hybridized carbons (Fsp3) is 0. The Morgan fingerprint density at radius 1 is 0.379 bits per heavy atom. The second kappa shape index (κ2) is 14.0. The summed E-state index contributed by atoms with van der Waals surface area (Å²) in [5.41, 5.74) is 14.4. The maximum Gasteiger partial charge on any atom is 0.160 e. The summed E-state index contributed by atoms with van der Waals surface area (Å²) in [4.78, 5) is 14.8. The third-order valence-corrected chi connectivity index (χ3v) is 10.9. The molecule has 0 amide bonds. The molecule has 58 heavy (non-hydrogen) atoms. The second-order valence-corrected chi connectivity index (χ2v) is 14.4. The van der Waals surface area contributed by atoms with Crippen molar-refractivity contribution in [3.05, 3.63) is 199 Å².